The summed E-state index contributed by atoms with van der Waals surface area (Å²) in [4.78, 5) is 25.2. The number of hydrogen-bond donors (Lipinski definition) is 2. The molecule has 2 aromatic rings. The number of nitrogens with one attached hydrogen (secondary N) is 2. The van der Waals surface area contributed by atoms with E-state index in [2.05, 4.69) is 26.8 Å². The fourth-order valence-electron chi connectivity index (χ4n) is 3.76. The quantitative estimate of drug-likeness (QED) is 0.821. The van der Waals surface area contributed by atoms with E-state index in [0.29, 0.717) is 29.0 Å². The third kappa shape index (κ3) is 2.83. The lowest BCUT2D eigenvalue weighted by molar-refractivity contribution is -0.129. The first-order valence-corrected chi connectivity index (χ1v) is 8.80. The molecule has 138 valence electrons. The monoisotopic (exact) mass is 361 g/mol. The SMILES string of the molecule is C=CC(=O)N1C[C@H](Nc2ncnc3[nH]cc(C4CC4(F)F)c23)CC[C@@H]1C. The van der Waals surface area contributed by atoms with Crippen molar-refractivity contribution in [3.8, 4) is 0 Å². The van der Waals surface area contributed by atoms with E-state index in [1.54, 1.807) is 11.1 Å². The second-order valence-electron chi connectivity index (χ2n) is 7.17. The number of likely N-dealkylation sites (tertiary alicyclic amines) is 1. The number of H-pyrrole nitrogens is 1. The second-order valence-corrected chi connectivity index (χ2v) is 7.17. The van der Waals surface area contributed by atoms with Gasteiger partial charge in [0.05, 0.1) is 11.3 Å². The van der Waals surface area contributed by atoms with Gasteiger partial charge in [0.1, 0.15) is 17.8 Å². The van der Waals surface area contributed by atoms with E-state index in [1.165, 1.54) is 12.4 Å². The number of halogens is 2. The number of nitrogens with zero attached hydrogens (tertiary/aromatic N) is 3. The van der Waals surface area contributed by atoms with Gasteiger partial charge in [-0.15, -0.1) is 0 Å². The normalized spacial score (nSPS) is 27.3. The van der Waals surface area contributed by atoms with Gasteiger partial charge in [0.25, 0.3) is 5.92 Å². The molecule has 1 amide bonds. The molecule has 2 N–H and O–H groups in total. The van der Waals surface area contributed by atoms with Crippen LogP contribution >= 0.6 is 0 Å². The van der Waals surface area contributed by atoms with Crippen LogP contribution in [0, 0.1) is 0 Å². The molecular formula is C18H21F2N5O. The van der Waals surface area contributed by atoms with Gasteiger partial charge in [-0.2, -0.15) is 0 Å². The number of carbonyl (C=O) groups is 1. The number of aromatic nitrogens is 3. The van der Waals surface area contributed by atoms with Crippen LogP contribution in [-0.2, 0) is 4.79 Å². The summed E-state index contributed by atoms with van der Waals surface area (Å²) in [6.45, 7) is 6.10. The second kappa shape index (κ2) is 6.03. The molecule has 6 nitrogen and oxygen atoms in total. The van der Waals surface area contributed by atoms with Gasteiger partial charge >= 0.3 is 0 Å². The van der Waals surface area contributed by atoms with E-state index in [9.17, 15) is 13.6 Å². The van der Waals surface area contributed by atoms with Gasteiger partial charge in [0.2, 0.25) is 5.91 Å². The molecule has 26 heavy (non-hydrogen) atoms. The molecule has 0 spiro atoms. The molecule has 1 saturated heterocycles. The smallest absolute Gasteiger partial charge is 0.256 e. The summed E-state index contributed by atoms with van der Waals surface area (Å²) >= 11 is 0. The standard InChI is InChI=1S/C18H21F2N5O/c1-3-14(26)25-8-11(5-4-10(25)2)24-17-15-12(13-6-18(13,19)20)7-21-16(15)22-9-23-17/h3,7,9-11,13H,1,4-6,8H2,2H3,(H2,21,22,23,24)/t10-,11+,13?/m0/s1. The number of piperidine rings is 1. The summed E-state index contributed by atoms with van der Waals surface area (Å²) in [5.41, 5.74) is 1.10. The maximum absolute atomic E-state index is 13.6. The number of carbonyl (C=O) groups excluding carboxylic acids is 1. The highest BCUT2D eigenvalue weighted by atomic mass is 19.3. The molecule has 3 atom stereocenters. The third-order valence-electron chi connectivity index (χ3n) is 5.38. The predicted molar refractivity (Wildman–Crippen MR) is 94.2 cm³/mol. The van der Waals surface area contributed by atoms with Crippen molar-refractivity contribution in [3.63, 3.8) is 0 Å². The molecule has 1 unspecified atom stereocenters. The number of amides is 1. The van der Waals surface area contributed by atoms with Crippen molar-refractivity contribution < 1.29 is 13.6 Å². The Morgan fingerprint density at radius 1 is 1.46 bits per heavy atom. The average molecular weight is 361 g/mol. The first kappa shape index (κ1) is 16.9. The Morgan fingerprint density at radius 3 is 2.92 bits per heavy atom. The van der Waals surface area contributed by atoms with Crippen molar-refractivity contribution in [2.75, 3.05) is 11.9 Å². The zero-order valence-corrected chi connectivity index (χ0v) is 14.5. The van der Waals surface area contributed by atoms with Gasteiger partial charge in [-0.1, -0.05) is 6.58 Å². The minimum atomic E-state index is -2.66. The van der Waals surface area contributed by atoms with Crippen LogP contribution < -0.4 is 5.32 Å². The minimum Gasteiger partial charge on any atom is -0.365 e. The highest BCUT2D eigenvalue weighted by Gasteiger charge is 2.58. The number of anilines is 1. The van der Waals surface area contributed by atoms with Crippen LogP contribution in [0.3, 0.4) is 0 Å². The van der Waals surface area contributed by atoms with Crippen LogP contribution in [0.4, 0.5) is 14.6 Å². The van der Waals surface area contributed by atoms with Gasteiger partial charge in [-0.05, 0) is 31.4 Å². The summed E-state index contributed by atoms with van der Waals surface area (Å²) in [6, 6.07) is 0.146. The fraction of sp³-hybridized carbons (Fsp3) is 0.500. The average Bonchev–Trinajstić information content (AvgIpc) is 3.05. The fourth-order valence-corrected chi connectivity index (χ4v) is 3.76. The molecule has 1 saturated carbocycles. The molecule has 1 aliphatic heterocycles. The van der Waals surface area contributed by atoms with Gasteiger partial charge in [-0.3, -0.25) is 4.79 Å². The Labute approximate surface area is 149 Å². The maximum atomic E-state index is 13.6. The van der Waals surface area contributed by atoms with Crippen molar-refractivity contribution >= 4 is 22.8 Å². The highest BCUT2D eigenvalue weighted by Crippen LogP contribution is 2.57. The first-order valence-electron chi connectivity index (χ1n) is 8.80. The molecule has 0 radical (unpaired) electrons. The molecule has 3 heterocycles. The van der Waals surface area contributed by atoms with E-state index in [1.807, 2.05) is 6.92 Å². The molecule has 4 rings (SSSR count). The number of rotatable bonds is 4. The number of hydrogen-bond acceptors (Lipinski definition) is 4. The first-order chi connectivity index (χ1) is 12.4. The van der Waals surface area contributed by atoms with Gasteiger partial charge < -0.3 is 15.2 Å². The Bertz CT molecular complexity index is 864. The Morgan fingerprint density at radius 2 is 2.23 bits per heavy atom. The van der Waals surface area contributed by atoms with Crippen LogP contribution in [0.15, 0.2) is 25.2 Å². The molecule has 0 bridgehead atoms. The molecule has 2 aliphatic rings. The van der Waals surface area contributed by atoms with Crippen molar-refractivity contribution in [2.24, 2.45) is 0 Å². The van der Waals surface area contributed by atoms with Crippen LogP contribution in [0.2, 0.25) is 0 Å². The Kier molecular flexibility index (Phi) is 3.93. The van der Waals surface area contributed by atoms with Gasteiger partial charge in [-0.25, -0.2) is 18.7 Å². The summed E-state index contributed by atoms with van der Waals surface area (Å²) in [6.07, 6.45) is 5.91. The van der Waals surface area contributed by atoms with Crippen LogP contribution in [0.1, 0.15) is 37.7 Å². The summed E-state index contributed by atoms with van der Waals surface area (Å²) < 4.78 is 27.1. The van der Waals surface area contributed by atoms with E-state index < -0.39 is 11.8 Å². The largest absolute Gasteiger partial charge is 0.365 e. The van der Waals surface area contributed by atoms with Crippen LogP contribution in [0.25, 0.3) is 11.0 Å². The van der Waals surface area contributed by atoms with E-state index in [-0.39, 0.29) is 24.4 Å². The molecule has 2 fully saturated rings. The van der Waals surface area contributed by atoms with Crippen molar-refractivity contribution in [1.29, 1.82) is 0 Å². The Hall–Kier alpha value is -2.51. The molecule has 8 heteroatoms. The lowest BCUT2D eigenvalue weighted by Crippen LogP contribution is -2.49. The summed E-state index contributed by atoms with van der Waals surface area (Å²) in [7, 11) is 0. The lowest BCUT2D eigenvalue weighted by Gasteiger charge is -2.38. The highest BCUT2D eigenvalue weighted by molar-refractivity contribution is 5.91. The number of fused-ring (bicyclic) bond motifs is 1. The van der Waals surface area contributed by atoms with Crippen LogP contribution in [-0.4, -0.2) is 50.3 Å². The maximum Gasteiger partial charge on any atom is 0.256 e. The molecule has 2 aromatic heterocycles. The minimum absolute atomic E-state index is 0.00402. The summed E-state index contributed by atoms with van der Waals surface area (Å²) in [5.74, 6) is -3.00. The van der Waals surface area contributed by atoms with Gasteiger partial charge in [0, 0.05) is 31.2 Å². The zero-order valence-electron chi connectivity index (χ0n) is 14.5. The zero-order chi connectivity index (χ0) is 18.5. The molecular weight excluding hydrogens is 340 g/mol. The summed E-state index contributed by atoms with van der Waals surface area (Å²) in [5, 5.41) is 3.97. The number of aromatic amines is 1. The Balaban J connectivity index is 1.60. The number of alkyl halides is 2. The van der Waals surface area contributed by atoms with Crippen molar-refractivity contribution in [2.45, 2.75) is 50.1 Å². The van der Waals surface area contributed by atoms with E-state index >= 15 is 0 Å². The molecule has 0 aromatic carbocycles. The topological polar surface area (TPSA) is 73.9 Å². The van der Waals surface area contributed by atoms with Crippen molar-refractivity contribution in [1.82, 2.24) is 19.9 Å². The van der Waals surface area contributed by atoms with Crippen molar-refractivity contribution in [3.05, 3.63) is 30.7 Å². The molecule has 1 aliphatic carbocycles. The lowest BCUT2D eigenvalue weighted by atomic mass is 9.99. The van der Waals surface area contributed by atoms with Crippen LogP contribution in [0.5, 0.6) is 0 Å². The predicted octanol–water partition coefficient (Wildman–Crippen LogP) is 3.06. The van der Waals surface area contributed by atoms with Gasteiger partial charge in [0.15, 0.2) is 0 Å². The van der Waals surface area contributed by atoms with E-state index in [0.717, 1.165) is 12.8 Å². The third-order valence-corrected chi connectivity index (χ3v) is 5.38. The van der Waals surface area contributed by atoms with E-state index in [4.69, 9.17) is 0 Å².